The maximum absolute atomic E-state index is 3.30. The van der Waals surface area contributed by atoms with E-state index in [2.05, 4.69) is 30.5 Å². The van der Waals surface area contributed by atoms with Gasteiger partial charge in [-0.05, 0) is 25.0 Å². The average molecular weight is 137 g/mol. The van der Waals surface area contributed by atoms with Gasteiger partial charge in [-0.1, -0.05) is 25.2 Å². The molecule has 0 spiro atoms. The summed E-state index contributed by atoms with van der Waals surface area (Å²) in [7, 11) is 0. The number of likely N-dealkylation sites (N-methyl/N-ethyl adjacent to an activating group) is 1. The zero-order chi connectivity index (χ0) is 7.23. The molecule has 0 radical (unpaired) electrons. The molecule has 1 N–H and O–H groups in total. The summed E-state index contributed by atoms with van der Waals surface area (Å²) in [6.07, 6.45) is 9.20. The molecule has 0 atom stereocenters. The van der Waals surface area contributed by atoms with Crippen LogP contribution >= 0.6 is 0 Å². The van der Waals surface area contributed by atoms with Crippen molar-refractivity contribution in [3.8, 4) is 0 Å². The average Bonchev–Trinajstić information content (AvgIpc) is 2.03. The highest BCUT2D eigenvalue weighted by Crippen LogP contribution is 2.07. The highest BCUT2D eigenvalue weighted by molar-refractivity contribution is 5.23. The summed E-state index contributed by atoms with van der Waals surface area (Å²) in [6, 6.07) is 0. The Balaban J connectivity index is 2.26. The summed E-state index contributed by atoms with van der Waals surface area (Å²) in [5.74, 6) is 0. The highest BCUT2D eigenvalue weighted by Gasteiger charge is 1.94. The molecule has 0 fully saturated rings. The van der Waals surface area contributed by atoms with Gasteiger partial charge < -0.3 is 5.32 Å². The molecule has 0 heterocycles. The van der Waals surface area contributed by atoms with Crippen molar-refractivity contribution in [2.24, 2.45) is 0 Å². The Hall–Kier alpha value is -0.560. The number of allylic oxidation sites excluding steroid dienone is 2. The summed E-state index contributed by atoms with van der Waals surface area (Å²) in [5.41, 5.74) is 1.44. The van der Waals surface area contributed by atoms with Crippen LogP contribution in [0.25, 0.3) is 0 Å². The quantitative estimate of drug-likeness (QED) is 0.626. The van der Waals surface area contributed by atoms with Gasteiger partial charge in [0.05, 0.1) is 0 Å². The lowest BCUT2D eigenvalue weighted by Crippen LogP contribution is -2.15. The van der Waals surface area contributed by atoms with Crippen molar-refractivity contribution in [3.63, 3.8) is 0 Å². The summed E-state index contributed by atoms with van der Waals surface area (Å²) >= 11 is 0. The third-order valence-electron chi connectivity index (χ3n) is 1.65. The van der Waals surface area contributed by atoms with Gasteiger partial charge in [0.15, 0.2) is 0 Å². The molecule has 0 bridgehead atoms. The molecule has 1 aliphatic rings. The number of nitrogens with one attached hydrogen (secondary N) is 1. The summed E-state index contributed by atoms with van der Waals surface area (Å²) in [6.45, 7) is 4.23. The van der Waals surface area contributed by atoms with E-state index in [0.717, 1.165) is 13.1 Å². The van der Waals surface area contributed by atoms with Crippen molar-refractivity contribution in [2.45, 2.75) is 19.8 Å². The molecule has 1 heteroatoms. The van der Waals surface area contributed by atoms with Gasteiger partial charge in [0.1, 0.15) is 0 Å². The van der Waals surface area contributed by atoms with Crippen molar-refractivity contribution >= 4 is 0 Å². The van der Waals surface area contributed by atoms with Crippen LogP contribution in [-0.2, 0) is 0 Å². The molecule has 0 aliphatic heterocycles. The molecule has 10 heavy (non-hydrogen) atoms. The van der Waals surface area contributed by atoms with E-state index in [0.29, 0.717) is 0 Å². The van der Waals surface area contributed by atoms with Crippen LogP contribution in [0.5, 0.6) is 0 Å². The van der Waals surface area contributed by atoms with Crippen LogP contribution in [0.1, 0.15) is 19.8 Å². The van der Waals surface area contributed by atoms with Crippen LogP contribution in [0.4, 0.5) is 0 Å². The predicted molar refractivity (Wildman–Crippen MR) is 45.0 cm³/mol. The first-order chi connectivity index (χ1) is 4.93. The summed E-state index contributed by atoms with van der Waals surface area (Å²) < 4.78 is 0. The van der Waals surface area contributed by atoms with Crippen LogP contribution in [-0.4, -0.2) is 13.1 Å². The van der Waals surface area contributed by atoms with Gasteiger partial charge in [0, 0.05) is 6.54 Å². The molecule has 1 nitrogen and oxygen atoms in total. The van der Waals surface area contributed by atoms with Gasteiger partial charge in [-0.25, -0.2) is 0 Å². The fourth-order valence-corrected chi connectivity index (χ4v) is 1.07. The Morgan fingerprint density at radius 2 is 2.40 bits per heavy atom. The molecule has 0 aromatic rings. The van der Waals surface area contributed by atoms with Gasteiger partial charge >= 0.3 is 0 Å². The molecule has 0 saturated heterocycles. The predicted octanol–water partition coefficient (Wildman–Crippen LogP) is 1.87. The molecular weight excluding hydrogens is 122 g/mol. The zero-order valence-electron chi connectivity index (χ0n) is 6.56. The molecule has 0 aromatic heterocycles. The Labute approximate surface area is 62.8 Å². The molecule has 0 aromatic carbocycles. The van der Waals surface area contributed by atoms with Crippen LogP contribution in [0.15, 0.2) is 23.8 Å². The maximum atomic E-state index is 3.30. The fraction of sp³-hybridized carbons (Fsp3) is 0.556. The maximum Gasteiger partial charge on any atom is 0.0202 e. The number of hydrogen-bond acceptors (Lipinski definition) is 1. The lowest BCUT2D eigenvalue weighted by atomic mass is 10.1. The molecule has 1 aliphatic carbocycles. The van der Waals surface area contributed by atoms with Crippen LogP contribution in [0, 0.1) is 0 Å². The lowest BCUT2D eigenvalue weighted by Gasteiger charge is -2.06. The Morgan fingerprint density at radius 1 is 1.50 bits per heavy atom. The number of hydrogen-bond donors (Lipinski definition) is 1. The van der Waals surface area contributed by atoms with Crippen molar-refractivity contribution in [2.75, 3.05) is 13.1 Å². The zero-order valence-corrected chi connectivity index (χ0v) is 6.56. The second kappa shape index (κ2) is 4.29. The van der Waals surface area contributed by atoms with E-state index in [1.54, 1.807) is 0 Å². The normalized spacial score (nSPS) is 17.1. The van der Waals surface area contributed by atoms with Crippen LogP contribution in [0.3, 0.4) is 0 Å². The monoisotopic (exact) mass is 137 g/mol. The summed E-state index contributed by atoms with van der Waals surface area (Å²) in [5, 5.41) is 3.30. The molecule has 0 unspecified atom stereocenters. The van der Waals surface area contributed by atoms with E-state index in [1.165, 1.54) is 18.4 Å². The van der Waals surface area contributed by atoms with E-state index < -0.39 is 0 Å². The van der Waals surface area contributed by atoms with E-state index in [9.17, 15) is 0 Å². The first kappa shape index (κ1) is 7.55. The Morgan fingerprint density at radius 3 is 3.00 bits per heavy atom. The molecular formula is C9H15N. The van der Waals surface area contributed by atoms with Crippen LogP contribution < -0.4 is 5.32 Å². The molecule has 0 amide bonds. The lowest BCUT2D eigenvalue weighted by molar-refractivity contribution is 0.777. The summed E-state index contributed by atoms with van der Waals surface area (Å²) in [4.78, 5) is 0. The second-order valence-electron chi connectivity index (χ2n) is 2.54. The first-order valence-corrected chi connectivity index (χ1v) is 3.99. The van der Waals surface area contributed by atoms with Crippen molar-refractivity contribution < 1.29 is 0 Å². The van der Waals surface area contributed by atoms with Gasteiger partial charge in [0.25, 0.3) is 0 Å². The SMILES string of the molecule is CCNCC1=CCCC=C1. The topological polar surface area (TPSA) is 12.0 Å². The third-order valence-corrected chi connectivity index (χ3v) is 1.65. The number of rotatable bonds is 3. The van der Waals surface area contributed by atoms with E-state index >= 15 is 0 Å². The second-order valence-corrected chi connectivity index (χ2v) is 2.54. The van der Waals surface area contributed by atoms with Gasteiger partial charge in [0.2, 0.25) is 0 Å². The first-order valence-electron chi connectivity index (χ1n) is 3.99. The minimum Gasteiger partial charge on any atom is -0.313 e. The smallest absolute Gasteiger partial charge is 0.0202 e. The fourth-order valence-electron chi connectivity index (χ4n) is 1.07. The highest BCUT2D eigenvalue weighted by atomic mass is 14.8. The van der Waals surface area contributed by atoms with E-state index in [4.69, 9.17) is 0 Å². The van der Waals surface area contributed by atoms with Gasteiger partial charge in [-0.3, -0.25) is 0 Å². The molecule has 1 rings (SSSR count). The minimum absolute atomic E-state index is 1.03. The third kappa shape index (κ3) is 2.36. The Kier molecular flexibility index (Phi) is 3.23. The van der Waals surface area contributed by atoms with Gasteiger partial charge in [-0.2, -0.15) is 0 Å². The van der Waals surface area contributed by atoms with Crippen molar-refractivity contribution in [1.82, 2.24) is 5.32 Å². The van der Waals surface area contributed by atoms with E-state index in [1.807, 2.05) is 0 Å². The largest absolute Gasteiger partial charge is 0.313 e. The van der Waals surface area contributed by atoms with Crippen LogP contribution in [0.2, 0.25) is 0 Å². The molecule has 56 valence electrons. The Bertz CT molecular complexity index is 145. The minimum atomic E-state index is 1.03. The van der Waals surface area contributed by atoms with Crippen molar-refractivity contribution in [1.29, 1.82) is 0 Å². The standard InChI is InChI=1S/C9H15N/c1-2-10-8-9-6-4-3-5-7-9/h4,6-7,10H,2-3,5,8H2,1H3. The molecule has 0 saturated carbocycles. The van der Waals surface area contributed by atoms with Gasteiger partial charge in [-0.15, -0.1) is 0 Å². The van der Waals surface area contributed by atoms with E-state index in [-0.39, 0.29) is 0 Å². The van der Waals surface area contributed by atoms with Crippen molar-refractivity contribution in [3.05, 3.63) is 23.8 Å².